The lowest BCUT2D eigenvalue weighted by molar-refractivity contribution is -0.145. The van der Waals surface area contributed by atoms with Crippen molar-refractivity contribution in [2.45, 2.75) is 13.3 Å². The maximum Gasteiger partial charge on any atom is 0.313 e. The minimum atomic E-state index is -2.24. The van der Waals surface area contributed by atoms with Crippen LogP contribution in [0.4, 0.5) is 0 Å². The molecule has 0 aliphatic rings. The first-order valence-electron chi connectivity index (χ1n) is 9.39. The highest BCUT2D eigenvalue weighted by atomic mass is 35.5. The smallest absolute Gasteiger partial charge is 0.313 e. The van der Waals surface area contributed by atoms with Gasteiger partial charge in [0.2, 0.25) is 0 Å². The van der Waals surface area contributed by atoms with Gasteiger partial charge in [-0.2, -0.15) is 0 Å². The lowest BCUT2D eigenvalue weighted by Gasteiger charge is -2.37. The maximum atomic E-state index is 13.0. The molecule has 0 aromatic heterocycles. The van der Waals surface area contributed by atoms with E-state index in [-0.39, 0.29) is 31.2 Å². The SMILES string of the molecule is CCOC(=O)CC(=O)C[P](c1ccccc1)(c1ccccc1)c1ccccc1.Cl. The third kappa shape index (κ3) is 5.32. The van der Waals surface area contributed by atoms with Crippen molar-refractivity contribution in [3.63, 3.8) is 0 Å². The summed E-state index contributed by atoms with van der Waals surface area (Å²) < 4.78 is 5.00. The maximum absolute atomic E-state index is 13.0. The van der Waals surface area contributed by atoms with Crippen LogP contribution in [0.5, 0.6) is 0 Å². The van der Waals surface area contributed by atoms with Crippen LogP contribution in [0.25, 0.3) is 0 Å². The molecule has 0 amide bonds. The Balaban J connectivity index is 0.00000300. The average Bonchev–Trinajstić information content (AvgIpc) is 2.74. The van der Waals surface area contributed by atoms with Gasteiger partial charge in [-0.05, 0) is 30.1 Å². The highest BCUT2D eigenvalue weighted by Gasteiger charge is 2.36. The summed E-state index contributed by atoms with van der Waals surface area (Å²) in [5.74, 6) is -0.553. The number of rotatable bonds is 8. The molecule has 0 saturated heterocycles. The van der Waals surface area contributed by atoms with E-state index in [9.17, 15) is 9.59 Å². The molecule has 1 radical (unpaired) electrons. The lowest BCUT2D eigenvalue weighted by atomic mass is 10.3. The number of esters is 1. The van der Waals surface area contributed by atoms with Crippen LogP contribution in [0, 0.1) is 0 Å². The number of Topliss-reactive ketones (excluding diaryl/α,β-unsaturated/α-hetero) is 1. The molecule has 0 N–H and O–H groups in total. The van der Waals surface area contributed by atoms with Crippen LogP contribution in [0.3, 0.4) is 0 Å². The largest absolute Gasteiger partial charge is 0.466 e. The van der Waals surface area contributed by atoms with Gasteiger partial charge in [-0.1, -0.05) is 91.0 Å². The molecule has 0 bridgehead atoms. The van der Waals surface area contributed by atoms with E-state index in [4.69, 9.17) is 4.74 Å². The van der Waals surface area contributed by atoms with Crippen molar-refractivity contribution in [2.24, 2.45) is 0 Å². The fraction of sp³-hybridized carbons (Fsp3) is 0.167. The standard InChI is InChI=1S/C24H24O3P.ClH/c1-2-27-24(26)18-20(25)19-28(21-12-6-3-7-13-21,22-14-8-4-9-15-22)23-16-10-5-11-17-23;/h3-17H,2,18-19H2,1H3;1H. The molecule has 3 rings (SSSR count). The Hall–Kier alpha value is -2.48. The average molecular weight is 428 g/mol. The topological polar surface area (TPSA) is 43.4 Å². The molecule has 0 aliphatic carbocycles. The number of ketones is 1. The fourth-order valence-corrected chi connectivity index (χ4v) is 7.59. The predicted molar refractivity (Wildman–Crippen MR) is 124 cm³/mol. The minimum Gasteiger partial charge on any atom is -0.466 e. The van der Waals surface area contributed by atoms with Gasteiger partial charge >= 0.3 is 5.97 Å². The Labute approximate surface area is 178 Å². The van der Waals surface area contributed by atoms with Crippen LogP contribution in [0.15, 0.2) is 91.0 Å². The van der Waals surface area contributed by atoms with Gasteiger partial charge in [0.15, 0.2) is 0 Å². The molecule has 0 atom stereocenters. The molecule has 3 aromatic carbocycles. The summed E-state index contributed by atoms with van der Waals surface area (Å²) in [4.78, 5) is 24.9. The monoisotopic (exact) mass is 427 g/mol. The zero-order valence-electron chi connectivity index (χ0n) is 16.4. The van der Waals surface area contributed by atoms with Crippen molar-refractivity contribution in [3.05, 3.63) is 91.0 Å². The summed E-state index contributed by atoms with van der Waals surface area (Å²) in [6.45, 7) is 2.03. The number of benzene rings is 3. The molecule has 0 aliphatic heterocycles. The second-order valence-corrected chi connectivity index (χ2v) is 9.98. The van der Waals surface area contributed by atoms with Crippen molar-refractivity contribution in [1.29, 1.82) is 0 Å². The molecular formula is C24H25ClO3P. The number of hydrogen-bond donors (Lipinski definition) is 0. The molecule has 0 heterocycles. The zero-order chi connectivity index (χ0) is 19.8. The number of carbonyl (C=O) groups excluding carboxylic acids is 2. The molecular weight excluding hydrogens is 403 g/mol. The van der Waals surface area contributed by atoms with Crippen molar-refractivity contribution in [1.82, 2.24) is 0 Å². The normalized spacial score (nSPS) is 10.7. The van der Waals surface area contributed by atoms with E-state index in [1.165, 1.54) is 0 Å². The van der Waals surface area contributed by atoms with Crippen LogP contribution in [0.1, 0.15) is 13.3 Å². The Kier molecular flexibility index (Phi) is 8.57. The quantitative estimate of drug-likeness (QED) is 0.311. The lowest BCUT2D eigenvalue weighted by Crippen LogP contribution is -2.36. The Morgan fingerprint density at radius 2 is 1.10 bits per heavy atom. The van der Waals surface area contributed by atoms with E-state index >= 15 is 0 Å². The predicted octanol–water partition coefficient (Wildman–Crippen LogP) is 3.92. The first-order chi connectivity index (χ1) is 13.7. The van der Waals surface area contributed by atoms with Crippen LogP contribution < -0.4 is 15.9 Å². The van der Waals surface area contributed by atoms with Crippen LogP contribution >= 0.6 is 19.7 Å². The summed E-state index contributed by atoms with van der Waals surface area (Å²) in [7, 11) is -2.24. The van der Waals surface area contributed by atoms with Crippen molar-refractivity contribution in [3.8, 4) is 0 Å². The van der Waals surface area contributed by atoms with E-state index < -0.39 is 13.2 Å². The molecule has 3 aromatic rings. The summed E-state index contributed by atoms with van der Waals surface area (Å²) in [5, 5.41) is 3.39. The van der Waals surface area contributed by atoms with Crippen molar-refractivity contribution < 1.29 is 14.3 Å². The first kappa shape index (κ1) is 22.8. The van der Waals surface area contributed by atoms with Crippen molar-refractivity contribution >= 4 is 47.3 Å². The minimum absolute atomic E-state index is 0. The fourth-order valence-electron chi connectivity index (χ4n) is 3.46. The summed E-state index contributed by atoms with van der Waals surface area (Å²) >= 11 is 0. The number of ether oxygens (including phenoxy) is 1. The van der Waals surface area contributed by atoms with Gasteiger partial charge in [-0.15, -0.1) is 12.4 Å². The van der Waals surface area contributed by atoms with Gasteiger partial charge in [-0.3, -0.25) is 9.59 Å². The molecule has 5 heteroatoms. The summed E-state index contributed by atoms with van der Waals surface area (Å²) in [6.07, 6.45) is 0.103. The molecule has 0 fully saturated rings. The van der Waals surface area contributed by atoms with Crippen LogP contribution in [-0.4, -0.2) is 24.5 Å². The van der Waals surface area contributed by atoms with E-state index in [1.54, 1.807) is 6.92 Å². The number of hydrogen-bond acceptors (Lipinski definition) is 3. The van der Waals surface area contributed by atoms with E-state index in [0.29, 0.717) is 6.16 Å². The van der Waals surface area contributed by atoms with Crippen molar-refractivity contribution in [2.75, 3.05) is 12.8 Å². The highest BCUT2D eigenvalue weighted by molar-refractivity contribution is 7.96. The van der Waals surface area contributed by atoms with Gasteiger partial charge < -0.3 is 4.74 Å². The number of halogens is 1. The first-order valence-corrected chi connectivity index (χ1v) is 11.4. The number of carbonyl (C=O) groups is 2. The molecule has 0 unspecified atom stereocenters. The zero-order valence-corrected chi connectivity index (χ0v) is 18.1. The van der Waals surface area contributed by atoms with E-state index in [1.807, 2.05) is 54.6 Å². The highest BCUT2D eigenvalue weighted by Crippen LogP contribution is 2.55. The van der Waals surface area contributed by atoms with Crippen LogP contribution in [-0.2, 0) is 14.3 Å². The third-order valence-electron chi connectivity index (χ3n) is 4.65. The Bertz CT molecular complexity index is 818. The summed E-state index contributed by atoms with van der Waals surface area (Å²) in [5.41, 5.74) is 0. The van der Waals surface area contributed by atoms with Gasteiger partial charge in [0.25, 0.3) is 0 Å². The Morgan fingerprint density at radius 1 is 0.724 bits per heavy atom. The van der Waals surface area contributed by atoms with Gasteiger partial charge in [0, 0.05) is 6.16 Å². The molecule has 29 heavy (non-hydrogen) atoms. The van der Waals surface area contributed by atoms with E-state index in [2.05, 4.69) is 36.4 Å². The van der Waals surface area contributed by atoms with Gasteiger partial charge in [0.05, 0.1) is 6.61 Å². The van der Waals surface area contributed by atoms with Crippen LogP contribution in [0.2, 0.25) is 0 Å². The second kappa shape index (κ2) is 10.9. The second-order valence-electron chi connectivity index (χ2n) is 6.49. The molecule has 151 valence electrons. The van der Waals surface area contributed by atoms with Gasteiger partial charge in [-0.25, -0.2) is 0 Å². The van der Waals surface area contributed by atoms with Gasteiger partial charge in [0.1, 0.15) is 12.2 Å². The molecule has 0 spiro atoms. The molecule has 3 nitrogen and oxygen atoms in total. The summed E-state index contributed by atoms with van der Waals surface area (Å²) in [6, 6.07) is 30.5. The Morgan fingerprint density at radius 3 is 1.45 bits per heavy atom. The van der Waals surface area contributed by atoms with E-state index in [0.717, 1.165) is 15.9 Å². The third-order valence-corrected chi connectivity index (χ3v) is 9.02. The molecule has 0 saturated carbocycles.